The number of benzene rings is 12. The smallest absolute Gasteiger partial charge is 0.0731 e. The molecule has 2 aliphatic carbocycles. The summed E-state index contributed by atoms with van der Waals surface area (Å²) in [6.45, 7) is 0. The summed E-state index contributed by atoms with van der Waals surface area (Å²) in [7, 11) is 0. The number of thiophene rings is 1. The van der Waals surface area contributed by atoms with Crippen LogP contribution in [0.1, 0.15) is 22.3 Å². The maximum absolute atomic E-state index is 2.55. The number of hydrogen-bond donors (Lipinski definition) is 0. The molecule has 0 unspecified atom stereocenters. The van der Waals surface area contributed by atoms with Crippen molar-refractivity contribution in [3.63, 3.8) is 0 Å². The molecule has 0 aliphatic heterocycles. The normalized spacial score (nSPS) is 13.4. The molecule has 15 rings (SSSR count). The third-order valence-electron chi connectivity index (χ3n) is 14.8. The van der Waals surface area contributed by atoms with Crippen LogP contribution in [0.25, 0.3) is 119 Å². The van der Waals surface area contributed by atoms with E-state index in [0.717, 1.165) is 0 Å². The molecule has 12 aromatic carbocycles. The lowest BCUT2D eigenvalue weighted by Gasteiger charge is -2.31. The molecular formula is C63H36S. The minimum atomic E-state index is -0.439. The summed E-state index contributed by atoms with van der Waals surface area (Å²) in [5.41, 5.74) is 15.5. The second kappa shape index (κ2) is 12.6. The fourth-order valence-electron chi connectivity index (χ4n) is 12.2. The van der Waals surface area contributed by atoms with Crippen LogP contribution in [0.4, 0.5) is 0 Å². The molecule has 1 heterocycles. The highest BCUT2D eigenvalue weighted by molar-refractivity contribution is 7.25. The van der Waals surface area contributed by atoms with Crippen molar-refractivity contribution in [2.24, 2.45) is 0 Å². The van der Waals surface area contributed by atoms with Gasteiger partial charge in [-0.3, -0.25) is 0 Å². The van der Waals surface area contributed by atoms with Gasteiger partial charge in [-0.15, -0.1) is 11.3 Å². The van der Waals surface area contributed by atoms with Gasteiger partial charge in [0.15, 0.2) is 0 Å². The molecule has 13 aromatic rings. The zero-order chi connectivity index (χ0) is 41.7. The highest BCUT2D eigenvalue weighted by Gasteiger charge is 2.52. The molecular weight excluding hydrogens is 789 g/mol. The summed E-state index contributed by atoms with van der Waals surface area (Å²) in [6, 6.07) is 83.0. The fourth-order valence-corrected chi connectivity index (χ4v) is 13.3. The van der Waals surface area contributed by atoms with Crippen LogP contribution in [-0.4, -0.2) is 0 Å². The van der Waals surface area contributed by atoms with E-state index in [1.807, 2.05) is 11.3 Å². The van der Waals surface area contributed by atoms with Crippen molar-refractivity contribution >= 4 is 85.4 Å². The van der Waals surface area contributed by atoms with Crippen LogP contribution in [0, 0.1) is 0 Å². The molecule has 1 heteroatoms. The maximum Gasteiger partial charge on any atom is 0.0731 e. The van der Waals surface area contributed by atoms with Gasteiger partial charge in [-0.25, -0.2) is 0 Å². The molecule has 0 atom stereocenters. The summed E-state index contributed by atoms with van der Waals surface area (Å²) < 4.78 is 2.66. The van der Waals surface area contributed by atoms with E-state index >= 15 is 0 Å². The van der Waals surface area contributed by atoms with Gasteiger partial charge in [0.1, 0.15) is 0 Å². The molecule has 0 bridgehead atoms. The van der Waals surface area contributed by atoms with Gasteiger partial charge in [-0.1, -0.05) is 176 Å². The van der Waals surface area contributed by atoms with E-state index in [2.05, 4.69) is 218 Å². The molecule has 2 aliphatic rings. The van der Waals surface area contributed by atoms with Crippen molar-refractivity contribution in [1.29, 1.82) is 0 Å². The third kappa shape index (κ3) is 4.46. The average Bonchev–Trinajstić information content (AvgIpc) is 3.97. The van der Waals surface area contributed by atoms with Crippen LogP contribution in [0.5, 0.6) is 0 Å². The second-order valence-corrected chi connectivity index (χ2v) is 18.9. The molecule has 294 valence electrons. The topological polar surface area (TPSA) is 0 Å². The molecule has 0 saturated heterocycles. The van der Waals surface area contributed by atoms with Crippen molar-refractivity contribution in [2.75, 3.05) is 0 Å². The molecule has 0 saturated carbocycles. The van der Waals surface area contributed by atoms with Crippen molar-refractivity contribution < 1.29 is 0 Å². The first kappa shape index (κ1) is 34.7. The first-order valence-electron chi connectivity index (χ1n) is 22.3. The molecule has 1 spiro atoms. The first-order valence-corrected chi connectivity index (χ1v) is 23.1. The predicted octanol–water partition coefficient (Wildman–Crippen LogP) is 17.5. The van der Waals surface area contributed by atoms with E-state index in [9.17, 15) is 0 Å². The van der Waals surface area contributed by atoms with E-state index in [1.54, 1.807) is 0 Å². The van der Waals surface area contributed by atoms with Crippen LogP contribution in [0.3, 0.4) is 0 Å². The summed E-state index contributed by atoms with van der Waals surface area (Å²) >= 11 is 1.89. The quantitative estimate of drug-likeness (QED) is 0.152. The summed E-state index contributed by atoms with van der Waals surface area (Å²) in [5, 5.41) is 15.4. The first-order chi connectivity index (χ1) is 31.7. The Labute approximate surface area is 373 Å². The van der Waals surface area contributed by atoms with E-state index in [-0.39, 0.29) is 0 Å². The molecule has 0 radical (unpaired) electrons. The van der Waals surface area contributed by atoms with Crippen molar-refractivity contribution in [3.8, 4) is 44.5 Å². The van der Waals surface area contributed by atoms with E-state index in [4.69, 9.17) is 0 Å². The largest absolute Gasteiger partial charge is 0.135 e. The second-order valence-electron chi connectivity index (χ2n) is 17.9. The molecule has 0 nitrogen and oxygen atoms in total. The monoisotopic (exact) mass is 824 g/mol. The van der Waals surface area contributed by atoms with Crippen LogP contribution >= 0.6 is 11.3 Å². The number of hydrogen-bond acceptors (Lipinski definition) is 1. The third-order valence-corrected chi connectivity index (χ3v) is 15.9. The Morgan fingerprint density at radius 2 is 0.781 bits per heavy atom. The standard InChI is InChI=1S/C63H36S/c1-2-15-39-36-59-54(33-38(39)14-1)53-34-42(28-30-58(53)64-59)61-49-21-7-5-19-47(49)60(48-20-6-8-22-50(48)61)41-26-25-40-32-52-51-29-27-37-13-3-4-16-44(37)62(51)63(57(52)35-43(40)31-41)55-23-11-9-17-45(55)46-18-10-12-24-56(46)63/h1-36H. The summed E-state index contributed by atoms with van der Waals surface area (Å²) in [6.07, 6.45) is 0. The van der Waals surface area contributed by atoms with Crippen molar-refractivity contribution in [3.05, 3.63) is 241 Å². The van der Waals surface area contributed by atoms with Gasteiger partial charge in [-0.05, 0) is 163 Å². The predicted molar refractivity (Wildman–Crippen MR) is 274 cm³/mol. The molecule has 1 aromatic heterocycles. The molecule has 0 fully saturated rings. The highest BCUT2D eigenvalue weighted by atomic mass is 32.1. The van der Waals surface area contributed by atoms with Crippen LogP contribution in [0.2, 0.25) is 0 Å². The lowest BCUT2D eigenvalue weighted by molar-refractivity contribution is 0.802. The zero-order valence-electron chi connectivity index (χ0n) is 34.7. The Bertz CT molecular complexity index is 4100. The van der Waals surface area contributed by atoms with Gasteiger partial charge in [-0.2, -0.15) is 0 Å². The number of fused-ring (bicyclic) bond motifs is 19. The Kier molecular flexibility index (Phi) is 6.85. The Morgan fingerprint density at radius 1 is 0.266 bits per heavy atom. The van der Waals surface area contributed by atoms with E-state index in [1.165, 1.54) is 141 Å². The van der Waals surface area contributed by atoms with Gasteiger partial charge in [0.25, 0.3) is 0 Å². The minimum absolute atomic E-state index is 0.439. The summed E-state index contributed by atoms with van der Waals surface area (Å²) in [4.78, 5) is 0. The van der Waals surface area contributed by atoms with Crippen molar-refractivity contribution in [1.82, 2.24) is 0 Å². The summed E-state index contributed by atoms with van der Waals surface area (Å²) in [5.74, 6) is 0. The van der Waals surface area contributed by atoms with Gasteiger partial charge < -0.3 is 0 Å². The molecule has 64 heavy (non-hydrogen) atoms. The Balaban J connectivity index is 0.978. The lowest BCUT2D eigenvalue weighted by Crippen LogP contribution is -2.26. The van der Waals surface area contributed by atoms with Gasteiger partial charge in [0, 0.05) is 20.2 Å². The highest BCUT2D eigenvalue weighted by Crippen LogP contribution is 2.64. The van der Waals surface area contributed by atoms with Gasteiger partial charge in [0.05, 0.1) is 5.41 Å². The van der Waals surface area contributed by atoms with Crippen LogP contribution in [0.15, 0.2) is 218 Å². The zero-order valence-corrected chi connectivity index (χ0v) is 35.5. The molecule has 0 N–H and O–H groups in total. The Morgan fingerprint density at radius 3 is 1.47 bits per heavy atom. The van der Waals surface area contributed by atoms with Gasteiger partial charge >= 0.3 is 0 Å². The van der Waals surface area contributed by atoms with Crippen LogP contribution < -0.4 is 0 Å². The van der Waals surface area contributed by atoms with E-state index < -0.39 is 5.41 Å². The maximum atomic E-state index is 2.55. The SMILES string of the molecule is c1ccc2c(c1)-c1ccccc1C21c2cc3cc(-c4c5ccccc5c(-c5ccc6sc7cc8ccccc8cc7c6c5)c5ccccc45)ccc3cc2-c2ccc3ccccc3c21. The Hall–Kier alpha value is -7.84. The van der Waals surface area contributed by atoms with Gasteiger partial charge in [0.2, 0.25) is 0 Å². The van der Waals surface area contributed by atoms with E-state index in [0.29, 0.717) is 0 Å². The minimum Gasteiger partial charge on any atom is -0.135 e. The lowest BCUT2D eigenvalue weighted by atomic mass is 9.69. The van der Waals surface area contributed by atoms with Crippen molar-refractivity contribution in [2.45, 2.75) is 5.41 Å². The fraction of sp³-hybridized carbons (Fsp3) is 0.0159. The van der Waals surface area contributed by atoms with Crippen LogP contribution in [-0.2, 0) is 5.41 Å². The molecule has 0 amide bonds. The average molecular weight is 825 g/mol. The number of rotatable bonds is 2.